The molecule has 1 aliphatic carbocycles. The van der Waals surface area contributed by atoms with Crippen LogP contribution in [0.25, 0.3) is 0 Å². The fourth-order valence-corrected chi connectivity index (χ4v) is 4.82. The molecule has 0 N–H and O–H groups in total. The van der Waals surface area contributed by atoms with Crippen molar-refractivity contribution in [3.05, 3.63) is 48.0 Å². The van der Waals surface area contributed by atoms with E-state index in [2.05, 4.69) is 41.3 Å². The highest BCUT2D eigenvalue weighted by Gasteiger charge is 2.34. The number of nitrogens with zero attached hydrogens (tertiary/aromatic N) is 3. The molecule has 0 radical (unpaired) electrons. The lowest BCUT2D eigenvalue weighted by Gasteiger charge is -2.41. The van der Waals surface area contributed by atoms with Crippen molar-refractivity contribution in [2.75, 3.05) is 40.8 Å². The molecular weight excluding hydrogens is 374 g/mol. The number of rotatable bonds is 7. The zero-order valence-corrected chi connectivity index (χ0v) is 18.8. The topological polar surface area (TPSA) is 43.9 Å². The van der Waals surface area contributed by atoms with Gasteiger partial charge in [-0.1, -0.05) is 42.5 Å². The van der Waals surface area contributed by atoms with E-state index in [-0.39, 0.29) is 17.9 Å². The molecular formula is C25H37N3O2. The van der Waals surface area contributed by atoms with Gasteiger partial charge in [-0.3, -0.25) is 9.59 Å². The van der Waals surface area contributed by atoms with Gasteiger partial charge in [-0.2, -0.15) is 0 Å². The Kier molecular flexibility index (Phi) is 8.08. The lowest BCUT2D eigenvalue weighted by atomic mass is 9.84. The molecule has 0 bridgehead atoms. The summed E-state index contributed by atoms with van der Waals surface area (Å²) in [6.07, 6.45) is 10.0. The van der Waals surface area contributed by atoms with Crippen LogP contribution in [0.5, 0.6) is 0 Å². The minimum atomic E-state index is 0.161. The van der Waals surface area contributed by atoms with Crippen molar-refractivity contribution in [2.45, 2.75) is 44.6 Å². The molecule has 0 saturated carbocycles. The Bertz CT molecular complexity index is 723. The lowest BCUT2D eigenvalue weighted by molar-refractivity contribution is -0.139. The Labute approximate surface area is 181 Å². The quantitative estimate of drug-likeness (QED) is 0.647. The van der Waals surface area contributed by atoms with Crippen LogP contribution in [0, 0.1) is 11.8 Å². The van der Waals surface area contributed by atoms with Crippen LogP contribution in [0.1, 0.15) is 37.7 Å². The predicted octanol–water partition coefficient (Wildman–Crippen LogP) is 3.21. The fourth-order valence-electron chi connectivity index (χ4n) is 4.82. The van der Waals surface area contributed by atoms with Crippen LogP contribution in [0.2, 0.25) is 0 Å². The Hall–Kier alpha value is -2.14. The molecule has 2 atom stereocenters. The Morgan fingerprint density at radius 2 is 1.73 bits per heavy atom. The second-order valence-electron chi connectivity index (χ2n) is 9.14. The van der Waals surface area contributed by atoms with E-state index in [0.29, 0.717) is 18.4 Å². The van der Waals surface area contributed by atoms with Gasteiger partial charge in [0, 0.05) is 32.1 Å². The molecule has 2 aliphatic rings. The van der Waals surface area contributed by atoms with Gasteiger partial charge in [0.05, 0.1) is 6.54 Å². The van der Waals surface area contributed by atoms with Gasteiger partial charge in [-0.15, -0.1) is 0 Å². The van der Waals surface area contributed by atoms with Gasteiger partial charge in [-0.25, -0.2) is 0 Å². The average Bonchev–Trinajstić information content (AvgIpc) is 2.77. The van der Waals surface area contributed by atoms with Gasteiger partial charge in [-0.05, 0) is 64.1 Å². The van der Waals surface area contributed by atoms with Crippen molar-refractivity contribution in [3.8, 4) is 0 Å². The number of allylic oxidation sites excluding steroid dienone is 2. The van der Waals surface area contributed by atoms with Crippen molar-refractivity contribution in [1.29, 1.82) is 0 Å². The third-order valence-electron chi connectivity index (χ3n) is 6.64. The SMILES string of the molecule is CN(C)CC(=O)N(C)[C@@H](Cc1ccccc1)C1CCN(C(=O)[C@H]2CC=CCC2)CC1. The number of hydrogen-bond acceptors (Lipinski definition) is 3. The molecule has 164 valence electrons. The van der Waals surface area contributed by atoms with E-state index < -0.39 is 0 Å². The molecule has 5 heteroatoms. The molecule has 0 spiro atoms. The van der Waals surface area contributed by atoms with Crippen LogP contribution in [-0.2, 0) is 16.0 Å². The van der Waals surface area contributed by atoms with E-state index in [4.69, 9.17) is 0 Å². The highest BCUT2D eigenvalue weighted by atomic mass is 16.2. The molecule has 0 aromatic heterocycles. The van der Waals surface area contributed by atoms with Crippen molar-refractivity contribution in [1.82, 2.24) is 14.7 Å². The number of piperidine rings is 1. The van der Waals surface area contributed by atoms with Crippen LogP contribution >= 0.6 is 0 Å². The first-order valence-electron chi connectivity index (χ1n) is 11.3. The minimum absolute atomic E-state index is 0.161. The van der Waals surface area contributed by atoms with Gasteiger partial charge in [0.2, 0.25) is 11.8 Å². The lowest BCUT2D eigenvalue weighted by Crippen LogP contribution is -2.50. The van der Waals surface area contributed by atoms with Gasteiger partial charge in [0.25, 0.3) is 0 Å². The van der Waals surface area contributed by atoms with Crippen LogP contribution in [-0.4, -0.2) is 73.3 Å². The standard InChI is InChI=1S/C25H37N3O2/c1-26(2)19-24(29)27(3)23(18-20-10-6-4-7-11-20)21-14-16-28(17-15-21)25(30)22-12-8-5-9-13-22/h4-8,10-11,21-23H,9,12-19H2,1-3H3/t22-,23-/m0/s1. The van der Waals surface area contributed by atoms with Gasteiger partial charge >= 0.3 is 0 Å². The highest BCUT2D eigenvalue weighted by molar-refractivity contribution is 5.79. The molecule has 1 heterocycles. The smallest absolute Gasteiger partial charge is 0.236 e. The zero-order chi connectivity index (χ0) is 21.5. The van der Waals surface area contributed by atoms with Gasteiger partial charge in [0.1, 0.15) is 0 Å². The normalized spacial score (nSPS) is 20.9. The third kappa shape index (κ3) is 5.94. The second-order valence-corrected chi connectivity index (χ2v) is 9.14. The fraction of sp³-hybridized carbons (Fsp3) is 0.600. The van der Waals surface area contributed by atoms with Crippen molar-refractivity contribution >= 4 is 11.8 Å². The summed E-state index contributed by atoms with van der Waals surface area (Å²) in [6, 6.07) is 10.6. The summed E-state index contributed by atoms with van der Waals surface area (Å²) < 4.78 is 0. The summed E-state index contributed by atoms with van der Waals surface area (Å²) in [7, 11) is 5.82. The largest absolute Gasteiger partial charge is 0.342 e. The Morgan fingerprint density at radius 1 is 1.03 bits per heavy atom. The average molecular weight is 412 g/mol. The molecule has 5 nitrogen and oxygen atoms in total. The Morgan fingerprint density at radius 3 is 2.33 bits per heavy atom. The van der Waals surface area contributed by atoms with E-state index in [1.54, 1.807) is 0 Å². The number of benzene rings is 1. The molecule has 1 fully saturated rings. The maximum atomic E-state index is 12.9. The number of likely N-dealkylation sites (N-methyl/N-ethyl adjacent to an activating group) is 2. The number of carbonyl (C=O) groups excluding carboxylic acids is 2. The van der Waals surface area contributed by atoms with Crippen molar-refractivity contribution in [2.24, 2.45) is 11.8 Å². The van der Waals surface area contributed by atoms with Gasteiger partial charge < -0.3 is 14.7 Å². The number of amides is 2. The monoisotopic (exact) mass is 411 g/mol. The van der Waals surface area contributed by atoms with Crippen LogP contribution in [0.4, 0.5) is 0 Å². The first-order chi connectivity index (χ1) is 14.5. The first-order valence-corrected chi connectivity index (χ1v) is 11.3. The molecule has 3 rings (SSSR count). The molecule has 1 aromatic carbocycles. The number of carbonyl (C=O) groups is 2. The van der Waals surface area contributed by atoms with E-state index in [1.807, 2.05) is 37.0 Å². The first kappa shape index (κ1) is 22.5. The summed E-state index contributed by atoms with van der Waals surface area (Å²) in [5, 5.41) is 0. The van der Waals surface area contributed by atoms with E-state index in [9.17, 15) is 9.59 Å². The molecule has 1 saturated heterocycles. The van der Waals surface area contributed by atoms with Crippen molar-refractivity contribution in [3.63, 3.8) is 0 Å². The predicted molar refractivity (Wildman–Crippen MR) is 121 cm³/mol. The van der Waals surface area contributed by atoms with Crippen LogP contribution < -0.4 is 0 Å². The van der Waals surface area contributed by atoms with E-state index in [1.165, 1.54) is 5.56 Å². The second kappa shape index (κ2) is 10.8. The summed E-state index contributed by atoms with van der Waals surface area (Å²) in [6.45, 7) is 2.05. The van der Waals surface area contributed by atoms with E-state index >= 15 is 0 Å². The molecule has 30 heavy (non-hydrogen) atoms. The molecule has 1 aromatic rings. The van der Waals surface area contributed by atoms with E-state index in [0.717, 1.165) is 51.6 Å². The summed E-state index contributed by atoms with van der Waals surface area (Å²) in [5.41, 5.74) is 1.26. The minimum Gasteiger partial charge on any atom is -0.342 e. The maximum absolute atomic E-state index is 12.9. The molecule has 2 amide bonds. The zero-order valence-electron chi connectivity index (χ0n) is 18.8. The number of likely N-dealkylation sites (tertiary alicyclic amines) is 1. The van der Waals surface area contributed by atoms with Crippen LogP contribution in [0.15, 0.2) is 42.5 Å². The summed E-state index contributed by atoms with van der Waals surface area (Å²) in [4.78, 5) is 31.7. The third-order valence-corrected chi connectivity index (χ3v) is 6.64. The van der Waals surface area contributed by atoms with Gasteiger partial charge in [0.15, 0.2) is 0 Å². The summed E-state index contributed by atoms with van der Waals surface area (Å²) in [5.74, 6) is 1.07. The van der Waals surface area contributed by atoms with Crippen molar-refractivity contribution < 1.29 is 9.59 Å². The van der Waals surface area contributed by atoms with Crippen LogP contribution in [0.3, 0.4) is 0 Å². The number of hydrogen-bond donors (Lipinski definition) is 0. The maximum Gasteiger partial charge on any atom is 0.236 e. The molecule has 1 aliphatic heterocycles. The Balaban J connectivity index is 1.65. The summed E-state index contributed by atoms with van der Waals surface area (Å²) >= 11 is 0. The highest BCUT2D eigenvalue weighted by Crippen LogP contribution is 2.29. The molecule has 0 unspecified atom stereocenters.